The molecule has 1 amide bonds. The number of rotatable bonds is 1. The minimum absolute atomic E-state index is 0.105. The van der Waals surface area contributed by atoms with Crippen LogP contribution in [0.25, 0.3) is 10.9 Å². The molecule has 0 bridgehead atoms. The fourth-order valence-electron chi connectivity index (χ4n) is 4.21. The van der Waals surface area contributed by atoms with Crippen molar-refractivity contribution >= 4 is 49.9 Å². The summed E-state index contributed by atoms with van der Waals surface area (Å²) in [6.45, 7) is 6.71. The molecule has 1 aliphatic heterocycles. The van der Waals surface area contributed by atoms with Gasteiger partial charge in [-0.15, -0.1) is 5.10 Å². The van der Waals surface area contributed by atoms with E-state index >= 15 is 0 Å². The highest BCUT2D eigenvalue weighted by Crippen LogP contribution is 2.33. The molecule has 5 nitrogen and oxygen atoms in total. The SMILES string of the molecule is CC(C)(C)c1ccc2[nH]c3c(c2c1)CCC/C3=N\N=C1C(=O)Nc2ccc(Br)cc21. The van der Waals surface area contributed by atoms with E-state index in [1.165, 1.54) is 16.5 Å². The summed E-state index contributed by atoms with van der Waals surface area (Å²) in [7, 11) is 0. The highest BCUT2D eigenvalue weighted by atomic mass is 79.9. The van der Waals surface area contributed by atoms with Crippen LogP contribution in [0.4, 0.5) is 5.69 Å². The summed E-state index contributed by atoms with van der Waals surface area (Å²) in [5.41, 5.74) is 7.74. The van der Waals surface area contributed by atoms with Crippen LogP contribution in [-0.4, -0.2) is 22.3 Å². The van der Waals surface area contributed by atoms with Crippen molar-refractivity contribution in [2.75, 3.05) is 5.32 Å². The third-order valence-electron chi connectivity index (χ3n) is 5.87. The number of nitrogens with zero attached hydrogens (tertiary/aromatic N) is 2. The predicted molar refractivity (Wildman–Crippen MR) is 126 cm³/mol. The molecule has 0 unspecified atom stereocenters. The number of hydrogen-bond acceptors (Lipinski definition) is 3. The first kappa shape index (κ1) is 19.2. The van der Waals surface area contributed by atoms with Crippen molar-refractivity contribution in [1.82, 2.24) is 4.98 Å². The number of hydrogen-bond donors (Lipinski definition) is 2. The standard InChI is InChI=1S/C24H23BrN4O/c1-24(2,3)13-7-9-18-16(11-13)15-5-4-6-20(21(15)26-18)28-29-22-17-12-14(25)8-10-19(17)27-23(22)30/h7-12,26H,4-6H2,1-3H3,(H,27,29,30)/b28-20+. The molecule has 3 aromatic rings. The second kappa shape index (κ2) is 6.91. The van der Waals surface area contributed by atoms with E-state index in [-0.39, 0.29) is 11.3 Å². The minimum Gasteiger partial charge on any atom is -0.353 e. The largest absolute Gasteiger partial charge is 0.353 e. The number of carbonyl (C=O) groups excluding carboxylic acids is 1. The number of aromatic amines is 1. The maximum atomic E-state index is 12.4. The number of nitrogens with one attached hydrogen (secondary N) is 2. The molecule has 0 fully saturated rings. The van der Waals surface area contributed by atoms with E-state index in [1.807, 2.05) is 18.2 Å². The number of carbonyl (C=O) groups is 1. The predicted octanol–water partition coefficient (Wildman–Crippen LogP) is 5.71. The Morgan fingerprint density at radius 2 is 1.87 bits per heavy atom. The minimum atomic E-state index is -0.213. The van der Waals surface area contributed by atoms with Crippen LogP contribution in [0.15, 0.2) is 51.1 Å². The summed E-state index contributed by atoms with van der Waals surface area (Å²) < 4.78 is 0.906. The van der Waals surface area contributed by atoms with Crippen molar-refractivity contribution < 1.29 is 4.79 Å². The first-order valence-electron chi connectivity index (χ1n) is 10.2. The molecule has 0 atom stereocenters. The quantitative estimate of drug-likeness (QED) is 0.446. The van der Waals surface area contributed by atoms with E-state index in [4.69, 9.17) is 0 Å². The van der Waals surface area contributed by atoms with Gasteiger partial charge in [-0.2, -0.15) is 5.10 Å². The topological polar surface area (TPSA) is 69.6 Å². The fraction of sp³-hybridized carbons (Fsp3) is 0.292. The van der Waals surface area contributed by atoms with E-state index in [9.17, 15) is 4.79 Å². The highest BCUT2D eigenvalue weighted by Gasteiger charge is 2.27. The number of anilines is 1. The fourth-order valence-corrected chi connectivity index (χ4v) is 4.57. The van der Waals surface area contributed by atoms with Crippen molar-refractivity contribution in [2.24, 2.45) is 10.2 Å². The molecule has 1 aliphatic carbocycles. The van der Waals surface area contributed by atoms with Gasteiger partial charge in [-0.1, -0.05) is 42.8 Å². The van der Waals surface area contributed by atoms with Crippen molar-refractivity contribution in [3.05, 3.63) is 63.3 Å². The van der Waals surface area contributed by atoms with E-state index in [1.54, 1.807) is 0 Å². The van der Waals surface area contributed by atoms with Crippen LogP contribution in [0.1, 0.15) is 56.0 Å². The molecular weight excluding hydrogens is 440 g/mol. The van der Waals surface area contributed by atoms with E-state index in [0.717, 1.165) is 51.9 Å². The Kier molecular flexibility index (Phi) is 4.43. The third kappa shape index (κ3) is 3.19. The van der Waals surface area contributed by atoms with Crippen LogP contribution < -0.4 is 5.32 Å². The van der Waals surface area contributed by atoms with Crippen LogP contribution >= 0.6 is 15.9 Å². The Hall–Kier alpha value is -2.73. The number of benzene rings is 2. The molecule has 2 N–H and O–H groups in total. The summed E-state index contributed by atoms with van der Waals surface area (Å²) in [4.78, 5) is 16.0. The maximum Gasteiger partial charge on any atom is 0.276 e. The molecule has 6 heteroatoms. The third-order valence-corrected chi connectivity index (χ3v) is 6.37. The lowest BCUT2D eigenvalue weighted by molar-refractivity contribution is -0.110. The molecular formula is C24H23BrN4O. The van der Waals surface area contributed by atoms with Gasteiger partial charge in [0.15, 0.2) is 5.71 Å². The second-order valence-corrected chi connectivity index (χ2v) is 9.90. The number of amides is 1. The zero-order chi connectivity index (χ0) is 21.0. The van der Waals surface area contributed by atoms with Crippen LogP contribution in [0, 0.1) is 0 Å². The summed E-state index contributed by atoms with van der Waals surface area (Å²) in [5.74, 6) is -0.213. The molecule has 0 saturated carbocycles. The summed E-state index contributed by atoms with van der Waals surface area (Å²) in [6.07, 6.45) is 2.89. The van der Waals surface area contributed by atoms with Crippen molar-refractivity contribution in [3.8, 4) is 0 Å². The highest BCUT2D eigenvalue weighted by molar-refractivity contribution is 9.10. The molecule has 0 saturated heterocycles. The van der Waals surface area contributed by atoms with Crippen molar-refractivity contribution in [1.29, 1.82) is 0 Å². The van der Waals surface area contributed by atoms with Crippen molar-refractivity contribution in [3.63, 3.8) is 0 Å². The van der Waals surface area contributed by atoms with Gasteiger partial charge in [0.25, 0.3) is 5.91 Å². The summed E-state index contributed by atoms with van der Waals surface area (Å²) in [5, 5.41) is 13.1. The van der Waals surface area contributed by atoms with Crippen molar-refractivity contribution in [2.45, 2.75) is 45.4 Å². The van der Waals surface area contributed by atoms with Gasteiger partial charge in [0, 0.05) is 20.9 Å². The Labute approximate surface area is 183 Å². The Balaban J connectivity index is 1.59. The lowest BCUT2D eigenvalue weighted by atomic mass is 9.85. The Morgan fingerprint density at radius 1 is 1.03 bits per heavy atom. The van der Waals surface area contributed by atoms with Crippen LogP contribution in [0.2, 0.25) is 0 Å². The Morgan fingerprint density at radius 3 is 2.67 bits per heavy atom. The molecule has 2 aromatic carbocycles. The number of H-pyrrole nitrogens is 1. The molecule has 5 rings (SSSR count). The van der Waals surface area contributed by atoms with Gasteiger partial charge < -0.3 is 10.3 Å². The number of aryl methyl sites for hydroxylation is 1. The van der Waals surface area contributed by atoms with Gasteiger partial charge in [-0.05, 0) is 66.1 Å². The summed E-state index contributed by atoms with van der Waals surface area (Å²) >= 11 is 3.47. The average molecular weight is 463 g/mol. The molecule has 0 radical (unpaired) electrons. The zero-order valence-electron chi connectivity index (χ0n) is 17.3. The summed E-state index contributed by atoms with van der Waals surface area (Å²) in [6, 6.07) is 12.3. The number of halogens is 1. The Bertz CT molecular complexity index is 1260. The molecule has 1 aromatic heterocycles. The van der Waals surface area contributed by atoms with Gasteiger partial charge >= 0.3 is 0 Å². The van der Waals surface area contributed by atoms with E-state index < -0.39 is 0 Å². The van der Waals surface area contributed by atoms with Crippen LogP contribution in [0.5, 0.6) is 0 Å². The lowest BCUT2D eigenvalue weighted by Gasteiger charge is -2.19. The molecule has 2 heterocycles. The van der Waals surface area contributed by atoms with Gasteiger partial charge in [0.05, 0.1) is 17.1 Å². The lowest BCUT2D eigenvalue weighted by Crippen LogP contribution is -2.15. The van der Waals surface area contributed by atoms with Gasteiger partial charge in [0.1, 0.15) is 0 Å². The van der Waals surface area contributed by atoms with Gasteiger partial charge in [-0.3, -0.25) is 4.79 Å². The smallest absolute Gasteiger partial charge is 0.276 e. The second-order valence-electron chi connectivity index (χ2n) is 8.98. The normalized spacial score (nSPS) is 18.7. The van der Waals surface area contributed by atoms with Gasteiger partial charge in [-0.25, -0.2) is 0 Å². The monoisotopic (exact) mass is 462 g/mol. The maximum absolute atomic E-state index is 12.4. The molecule has 2 aliphatic rings. The van der Waals surface area contributed by atoms with E-state index in [2.05, 4.69) is 75.4 Å². The zero-order valence-corrected chi connectivity index (χ0v) is 18.9. The first-order valence-corrected chi connectivity index (χ1v) is 11.0. The number of fused-ring (bicyclic) bond motifs is 4. The average Bonchev–Trinajstić information content (AvgIpc) is 3.22. The number of aromatic nitrogens is 1. The molecule has 152 valence electrons. The van der Waals surface area contributed by atoms with Crippen LogP contribution in [0.3, 0.4) is 0 Å². The molecule has 0 spiro atoms. The van der Waals surface area contributed by atoms with Crippen LogP contribution in [-0.2, 0) is 16.6 Å². The van der Waals surface area contributed by atoms with E-state index in [0.29, 0.717) is 5.71 Å². The van der Waals surface area contributed by atoms with Gasteiger partial charge in [0.2, 0.25) is 0 Å². The molecule has 30 heavy (non-hydrogen) atoms. The first-order chi connectivity index (χ1) is 14.3.